The van der Waals surface area contributed by atoms with Gasteiger partial charge in [0.15, 0.2) is 0 Å². The molecule has 0 radical (unpaired) electrons. The lowest BCUT2D eigenvalue weighted by atomic mass is 9.80. The molecule has 0 unspecified atom stereocenters. The quantitative estimate of drug-likeness (QED) is 0.585. The van der Waals surface area contributed by atoms with Gasteiger partial charge in [-0.2, -0.15) is 0 Å². The van der Waals surface area contributed by atoms with Gasteiger partial charge in [0.1, 0.15) is 17.2 Å². The topological polar surface area (TPSA) is 52.8 Å². The highest BCUT2D eigenvalue weighted by Gasteiger charge is 2.24. The van der Waals surface area contributed by atoms with Crippen LogP contribution in [-0.2, 0) is 10.8 Å². The third-order valence-electron chi connectivity index (χ3n) is 4.10. The highest BCUT2D eigenvalue weighted by Crippen LogP contribution is 2.41. The molecule has 0 aliphatic heterocycles. The van der Waals surface area contributed by atoms with Crippen LogP contribution in [0.3, 0.4) is 0 Å². The number of aromatic hydroxyl groups is 2. The number of phenols is 2. The molecule has 0 aromatic heterocycles. The average Bonchev–Trinajstić information content (AvgIpc) is 2.47. The summed E-state index contributed by atoms with van der Waals surface area (Å²) < 4.78 is 0.856. The summed E-state index contributed by atoms with van der Waals surface area (Å²) in [6.07, 6.45) is 1.58. The second-order valence-corrected chi connectivity index (χ2v) is 9.27. The molecule has 2 rings (SSSR count). The normalized spacial score (nSPS) is 12.8. The van der Waals surface area contributed by atoms with Crippen molar-refractivity contribution in [3.8, 4) is 11.5 Å². The summed E-state index contributed by atoms with van der Waals surface area (Å²) in [5, 5.41) is 20.7. The molecule has 4 heteroatoms. The Morgan fingerprint density at radius 1 is 0.920 bits per heavy atom. The van der Waals surface area contributed by atoms with Gasteiger partial charge in [-0.1, -0.05) is 63.5 Å². The van der Waals surface area contributed by atoms with Crippen molar-refractivity contribution in [1.82, 2.24) is 0 Å². The fraction of sp³-hybridized carbons (Fsp3) is 0.381. The van der Waals surface area contributed by atoms with Crippen LogP contribution in [0.15, 0.2) is 39.8 Å². The van der Waals surface area contributed by atoms with E-state index in [1.165, 1.54) is 0 Å². The number of phenolic OH excluding ortho intramolecular Hbond substituents is 2. The van der Waals surface area contributed by atoms with Crippen molar-refractivity contribution in [3.05, 3.63) is 51.5 Å². The maximum atomic E-state index is 10.7. The molecule has 134 valence electrons. The number of nitrogens with zero attached hydrogens (tertiary/aromatic N) is 1. The lowest BCUT2D eigenvalue weighted by Gasteiger charge is -2.26. The van der Waals surface area contributed by atoms with E-state index >= 15 is 0 Å². The smallest absolute Gasteiger partial charge is 0.144 e. The highest BCUT2D eigenvalue weighted by molar-refractivity contribution is 9.10. The van der Waals surface area contributed by atoms with E-state index in [1.807, 2.05) is 6.07 Å². The van der Waals surface area contributed by atoms with E-state index in [1.54, 1.807) is 24.4 Å². The van der Waals surface area contributed by atoms with Crippen LogP contribution in [-0.4, -0.2) is 16.4 Å². The summed E-state index contributed by atoms with van der Waals surface area (Å²) in [5.74, 6) is 0.334. The minimum Gasteiger partial charge on any atom is -0.507 e. The Labute approximate surface area is 158 Å². The number of rotatable bonds is 2. The van der Waals surface area contributed by atoms with E-state index in [9.17, 15) is 10.2 Å². The zero-order valence-corrected chi connectivity index (χ0v) is 17.3. The third-order valence-corrected chi connectivity index (χ3v) is 4.59. The van der Waals surface area contributed by atoms with E-state index in [0.717, 1.165) is 15.6 Å². The van der Waals surface area contributed by atoms with Crippen LogP contribution in [0.2, 0.25) is 0 Å². The van der Waals surface area contributed by atoms with Crippen LogP contribution in [0.1, 0.15) is 58.2 Å². The lowest BCUT2D eigenvalue weighted by Crippen LogP contribution is -2.16. The van der Waals surface area contributed by atoms with Gasteiger partial charge >= 0.3 is 0 Å². The van der Waals surface area contributed by atoms with Crippen LogP contribution in [0.25, 0.3) is 0 Å². The van der Waals surface area contributed by atoms with Gasteiger partial charge in [0.25, 0.3) is 0 Å². The second kappa shape index (κ2) is 6.83. The van der Waals surface area contributed by atoms with Gasteiger partial charge < -0.3 is 10.2 Å². The number of benzene rings is 2. The van der Waals surface area contributed by atoms with Crippen LogP contribution in [0.4, 0.5) is 5.69 Å². The van der Waals surface area contributed by atoms with Crippen molar-refractivity contribution in [2.24, 2.45) is 4.99 Å². The Balaban J connectivity index is 2.60. The summed E-state index contributed by atoms with van der Waals surface area (Å²) in [6, 6.07) is 9.13. The van der Waals surface area contributed by atoms with Crippen molar-refractivity contribution < 1.29 is 10.2 Å². The maximum Gasteiger partial charge on any atom is 0.144 e. The van der Waals surface area contributed by atoms with Crippen molar-refractivity contribution in [2.45, 2.75) is 52.4 Å². The Morgan fingerprint density at radius 3 is 2.12 bits per heavy atom. The third kappa shape index (κ3) is 4.63. The molecule has 0 aliphatic rings. The summed E-state index contributed by atoms with van der Waals surface area (Å²) in [6.45, 7) is 12.6. The first-order valence-corrected chi connectivity index (χ1v) is 9.09. The molecule has 2 aromatic rings. The van der Waals surface area contributed by atoms with Crippen molar-refractivity contribution in [3.63, 3.8) is 0 Å². The molecule has 25 heavy (non-hydrogen) atoms. The first kappa shape index (κ1) is 19.5. The number of hydrogen-bond donors (Lipinski definition) is 2. The molecular formula is C21H26BrNO2. The Morgan fingerprint density at radius 2 is 1.56 bits per heavy atom. The van der Waals surface area contributed by atoms with Gasteiger partial charge in [0.05, 0.1) is 0 Å². The largest absolute Gasteiger partial charge is 0.507 e. The van der Waals surface area contributed by atoms with E-state index < -0.39 is 0 Å². The fourth-order valence-corrected chi connectivity index (χ4v) is 2.87. The highest BCUT2D eigenvalue weighted by atomic mass is 79.9. The summed E-state index contributed by atoms with van der Waals surface area (Å²) in [7, 11) is 0. The molecule has 0 amide bonds. The predicted octanol–water partition coefficient (Wildman–Crippen LogP) is 6.21. The molecule has 0 bridgehead atoms. The second-order valence-electron chi connectivity index (χ2n) is 8.35. The SMILES string of the molecule is CC(C)(C)c1cc(N=Cc2cc(Br)ccc2O)c(O)c(C(C)(C)C)c1. The van der Waals surface area contributed by atoms with Gasteiger partial charge in [-0.25, -0.2) is 0 Å². The van der Waals surface area contributed by atoms with Crippen molar-refractivity contribution >= 4 is 27.8 Å². The Hall–Kier alpha value is -1.81. The molecule has 0 fully saturated rings. The van der Waals surface area contributed by atoms with Crippen molar-refractivity contribution in [1.29, 1.82) is 0 Å². The van der Waals surface area contributed by atoms with E-state index in [0.29, 0.717) is 11.3 Å². The van der Waals surface area contributed by atoms with Gasteiger partial charge in [-0.15, -0.1) is 0 Å². The molecule has 0 aliphatic carbocycles. The van der Waals surface area contributed by atoms with E-state index in [2.05, 4.69) is 68.5 Å². The number of hydrogen-bond acceptors (Lipinski definition) is 3. The Bertz CT molecular complexity index is 812. The molecule has 2 N–H and O–H groups in total. The standard InChI is InChI=1S/C21H26BrNO2/c1-20(2,3)14-10-16(21(4,5)6)19(25)17(11-14)23-12-13-9-15(22)7-8-18(13)24/h7-12,24-25H,1-6H3. The van der Waals surface area contributed by atoms with Gasteiger partial charge in [0, 0.05) is 21.8 Å². The van der Waals surface area contributed by atoms with Crippen LogP contribution >= 0.6 is 15.9 Å². The summed E-state index contributed by atoms with van der Waals surface area (Å²) in [4.78, 5) is 4.47. The molecule has 0 heterocycles. The van der Waals surface area contributed by atoms with Gasteiger partial charge in [-0.3, -0.25) is 4.99 Å². The first-order valence-electron chi connectivity index (χ1n) is 8.30. The zero-order chi connectivity index (χ0) is 19.0. The minimum atomic E-state index is -0.201. The van der Waals surface area contributed by atoms with E-state index in [4.69, 9.17) is 0 Å². The van der Waals surface area contributed by atoms with Crippen LogP contribution < -0.4 is 0 Å². The van der Waals surface area contributed by atoms with Crippen LogP contribution in [0.5, 0.6) is 11.5 Å². The van der Waals surface area contributed by atoms with Crippen molar-refractivity contribution in [2.75, 3.05) is 0 Å². The van der Waals surface area contributed by atoms with Gasteiger partial charge in [-0.05, 0) is 40.7 Å². The Kier molecular flexibility index (Phi) is 5.33. The molecule has 0 atom stereocenters. The molecule has 2 aromatic carbocycles. The molecular weight excluding hydrogens is 378 g/mol. The summed E-state index contributed by atoms with van der Waals surface area (Å²) in [5.41, 5.74) is 2.82. The van der Waals surface area contributed by atoms with Gasteiger partial charge in [0.2, 0.25) is 0 Å². The monoisotopic (exact) mass is 403 g/mol. The van der Waals surface area contributed by atoms with Crippen LogP contribution in [0, 0.1) is 0 Å². The average molecular weight is 404 g/mol. The molecule has 0 saturated carbocycles. The molecule has 0 spiro atoms. The van der Waals surface area contributed by atoms with E-state index in [-0.39, 0.29) is 22.3 Å². The zero-order valence-electron chi connectivity index (χ0n) is 15.7. The molecule has 3 nitrogen and oxygen atoms in total. The maximum absolute atomic E-state index is 10.7. The number of halogens is 1. The first-order chi connectivity index (χ1) is 11.4. The minimum absolute atomic E-state index is 0.0596. The number of aliphatic imine (C=N–C) groups is 1. The summed E-state index contributed by atoms with van der Waals surface area (Å²) >= 11 is 3.39. The lowest BCUT2D eigenvalue weighted by molar-refractivity contribution is 0.446. The predicted molar refractivity (Wildman–Crippen MR) is 109 cm³/mol. The molecule has 0 saturated heterocycles. The fourth-order valence-electron chi connectivity index (χ4n) is 2.49.